The van der Waals surface area contributed by atoms with Gasteiger partial charge in [-0.1, -0.05) is 60.7 Å². The lowest BCUT2D eigenvalue weighted by atomic mass is 9.96. The summed E-state index contributed by atoms with van der Waals surface area (Å²) in [6.07, 6.45) is 0. The van der Waals surface area contributed by atoms with Crippen molar-refractivity contribution in [2.45, 2.75) is 4.90 Å². The third-order valence-corrected chi connectivity index (χ3v) is 6.56. The van der Waals surface area contributed by atoms with Gasteiger partial charge in [-0.3, -0.25) is 4.79 Å². The molecule has 0 aromatic heterocycles. The molecule has 3 aromatic rings. The summed E-state index contributed by atoms with van der Waals surface area (Å²) >= 11 is 0. The zero-order chi connectivity index (χ0) is 20.4. The molecule has 6 heteroatoms. The lowest BCUT2D eigenvalue weighted by Crippen LogP contribution is -2.25. The van der Waals surface area contributed by atoms with Crippen LogP contribution in [0.5, 0.6) is 0 Å². The van der Waals surface area contributed by atoms with Gasteiger partial charge >= 0.3 is 5.97 Å². The van der Waals surface area contributed by atoms with Crippen molar-refractivity contribution in [1.82, 2.24) is 0 Å². The Morgan fingerprint density at radius 2 is 1.38 bits per heavy atom. The van der Waals surface area contributed by atoms with Crippen molar-refractivity contribution in [3.05, 3.63) is 107 Å². The Morgan fingerprint density at radius 3 is 2.07 bits per heavy atom. The van der Waals surface area contributed by atoms with Crippen molar-refractivity contribution in [3.63, 3.8) is 0 Å². The minimum absolute atomic E-state index is 0.0326. The number of allylic oxidation sites excluding steroid dienone is 1. The molecule has 0 spiro atoms. The van der Waals surface area contributed by atoms with Crippen LogP contribution in [-0.2, 0) is 14.6 Å². The van der Waals surface area contributed by atoms with Gasteiger partial charge in [0.25, 0.3) is 0 Å². The molecule has 1 heterocycles. The molecule has 0 atom stereocenters. The van der Waals surface area contributed by atoms with Crippen LogP contribution in [0, 0.1) is 0 Å². The van der Waals surface area contributed by atoms with E-state index in [9.17, 15) is 18.0 Å². The monoisotopic (exact) mass is 404 g/mol. The maximum atomic E-state index is 13.3. The summed E-state index contributed by atoms with van der Waals surface area (Å²) in [6, 6.07) is 22.9. The molecule has 0 N–H and O–H groups in total. The summed E-state index contributed by atoms with van der Waals surface area (Å²) in [5, 5.41) is 0. The molecule has 0 bridgehead atoms. The van der Waals surface area contributed by atoms with E-state index in [-0.39, 0.29) is 20.9 Å². The van der Waals surface area contributed by atoms with Gasteiger partial charge in [0.15, 0.2) is 5.78 Å². The van der Waals surface area contributed by atoms with E-state index < -0.39 is 28.2 Å². The standard InChI is InChI=1S/C23H16O5S/c24-22-18-13-7-8-14-19(18)29(26,27)20(21(22)16-9-3-1-4-10-16)15-28-23(25)17-11-5-2-6-12-17/h1-14H,15H2. The molecule has 3 aromatic carbocycles. The van der Waals surface area contributed by atoms with E-state index >= 15 is 0 Å². The predicted octanol–water partition coefficient (Wildman–Crippen LogP) is 3.92. The van der Waals surface area contributed by atoms with Crippen LogP contribution in [0.1, 0.15) is 26.3 Å². The molecule has 144 valence electrons. The van der Waals surface area contributed by atoms with Gasteiger partial charge in [0.05, 0.1) is 15.4 Å². The minimum atomic E-state index is -4.01. The van der Waals surface area contributed by atoms with Gasteiger partial charge in [-0.15, -0.1) is 0 Å². The van der Waals surface area contributed by atoms with E-state index in [1.165, 1.54) is 12.1 Å². The van der Waals surface area contributed by atoms with Gasteiger partial charge < -0.3 is 4.74 Å². The van der Waals surface area contributed by atoms with Crippen molar-refractivity contribution in [3.8, 4) is 0 Å². The number of esters is 1. The third kappa shape index (κ3) is 3.39. The highest BCUT2D eigenvalue weighted by Crippen LogP contribution is 2.37. The Hall–Kier alpha value is -3.51. The molecular formula is C23H16O5S. The van der Waals surface area contributed by atoms with Crippen LogP contribution in [0.25, 0.3) is 5.57 Å². The lowest BCUT2D eigenvalue weighted by molar-refractivity contribution is 0.0545. The fourth-order valence-corrected chi connectivity index (χ4v) is 4.92. The zero-order valence-corrected chi connectivity index (χ0v) is 16.1. The average Bonchev–Trinajstić information content (AvgIpc) is 2.76. The maximum Gasteiger partial charge on any atom is 0.338 e. The summed E-state index contributed by atoms with van der Waals surface area (Å²) in [5.74, 6) is -1.07. The van der Waals surface area contributed by atoms with Crippen LogP contribution in [0.2, 0.25) is 0 Å². The molecule has 0 unspecified atom stereocenters. The van der Waals surface area contributed by atoms with Crippen LogP contribution < -0.4 is 0 Å². The van der Waals surface area contributed by atoms with Crippen molar-refractivity contribution in [1.29, 1.82) is 0 Å². The number of fused-ring (bicyclic) bond motifs is 1. The van der Waals surface area contributed by atoms with Gasteiger partial charge in [0, 0.05) is 11.1 Å². The Bertz CT molecular complexity index is 1230. The number of carbonyl (C=O) groups is 2. The fraction of sp³-hybridized carbons (Fsp3) is 0.0435. The summed E-state index contributed by atoms with van der Waals surface area (Å²) in [6.45, 7) is -0.527. The van der Waals surface area contributed by atoms with E-state index in [1.807, 2.05) is 0 Å². The average molecular weight is 404 g/mol. The van der Waals surface area contributed by atoms with Crippen LogP contribution in [0.3, 0.4) is 0 Å². The molecule has 0 aliphatic carbocycles. The first-order chi connectivity index (χ1) is 14.0. The van der Waals surface area contributed by atoms with Gasteiger partial charge in [-0.05, 0) is 29.8 Å². The molecule has 1 aliphatic heterocycles. The van der Waals surface area contributed by atoms with Crippen LogP contribution in [0.15, 0.2) is 94.7 Å². The largest absolute Gasteiger partial charge is 0.456 e. The molecule has 1 aliphatic rings. The Morgan fingerprint density at radius 1 is 0.793 bits per heavy atom. The van der Waals surface area contributed by atoms with E-state index in [0.29, 0.717) is 11.1 Å². The smallest absolute Gasteiger partial charge is 0.338 e. The van der Waals surface area contributed by atoms with E-state index in [2.05, 4.69) is 0 Å². The predicted molar refractivity (Wildman–Crippen MR) is 108 cm³/mol. The topological polar surface area (TPSA) is 77.5 Å². The Kier molecular flexibility index (Phi) is 4.86. The maximum absolute atomic E-state index is 13.3. The van der Waals surface area contributed by atoms with Gasteiger partial charge in [0.2, 0.25) is 9.84 Å². The second-order valence-corrected chi connectivity index (χ2v) is 8.37. The highest BCUT2D eigenvalue weighted by molar-refractivity contribution is 7.95. The van der Waals surface area contributed by atoms with E-state index in [0.717, 1.165) is 0 Å². The summed E-state index contributed by atoms with van der Waals surface area (Å²) in [5.41, 5.74) is 0.908. The van der Waals surface area contributed by atoms with Crippen LogP contribution in [-0.4, -0.2) is 26.8 Å². The van der Waals surface area contributed by atoms with Gasteiger partial charge in [-0.2, -0.15) is 0 Å². The number of carbonyl (C=O) groups excluding carboxylic acids is 2. The molecule has 0 amide bonds. The highest BCUT2D eigenvalue weighted by Gasteiger charge is 2.38. The first kappa shape index (κ1) is 18.8. The Balaban J connectivity index is 1.82. The number of ketones is 1. The fourth-order valence-electron chi connectivity index (χ4n) is 3.25. The van der Waals surface area contributed by atoms with Gasteiger partial charge in [0.1, 0.15) is 6.61 Å². The molecule has 0 saturated carbocycles. The molecule has 0 saturated heterocycles. The van der Waals surface area contributed by atoms with Crippen molar-refractivity contribution in [2.24, 2.45) is 0 Å². The first-order valence-corrected chi connectivity index (χ1v) is 10.4. The SMILES string of the molecule is O=C(OCC1=C(c2ccccc2)C(=O)c2ccccc2S1(=O)=O)c1ccccc1. The van der Waals surface area contributed by atoms with Gasteiger partial charge in [-0.25, -0.2) is 13.2 Å². The quantitative estimate of drug-likeness (QED) is 0.616. The summed E-state index contributed by atoms with van der Waals surface area (Å²) < 4.78 is 31.9. The minimum Gasteiger partial charge on any atom is -0.456 e. The normalized spacial score (nSPS) is 15.0. The molecule has 29 heavy (non-hydrogen) atoms. The van der Waals surface area contributed by atoms with E-state index in [4.69, 9.17) is 4.74 Å². The zero-order valence-electron chi connectivity index (χ0n) is 15.2. The lowest BCUT2D eigenvalue weighted by Gasteiger charge is -2.22. The molecule has 4 rings (SSSR count). The van der Waals surface area contributed by atoms with Crippen molar-refractivity contribution >= 4 is 27.2 Å². The number of benzene rings is 3. The summed E-state index contributed by atoms with van der Waals surface area (Å²) in [4.78, 5) is 25.2. The second kappa shape index (κ2) is 7.48. The first-order valence-electron chi connectivity index (χ1n) is 8.89. The highest BCUT2D eigenvalue weighted by atomic mass is 32.2. The number of Topliss-reactive ketones (excluding diaryl/α,β-unsaturated/α-hetero) is 1. The number of hydrogen-bond donors (Lipinski definition) is 0. The molecule has 5 nitrogen and oxygen atoms in total. The summed E-state index contributed by atoms with van der Waals surface area (Å²) in [7, 11) is -4.01. The Labute approximate surface area is 168 Å². The van der Waals surface area contributed by atoms with E-state index in [1.54, 1.807) is 72.8 Å². The van der Waals surface area contributed by atoms with Crippen LogP contribution >= 0.6 is 0 Å². The van der Waals surface area contributed by atoms with Crippen molar-refractivity contribution in [2.75, 3.05) is 6.61 Å². The molecule has 0 radical (unpaired) electrons. The number of hydrogen-bond acceptors (Lipinski definition) is 5. The molecular weight excluding hydrogens is 388 g/mol. The number of sulfone groups is 1. The van der Waals surface area contributed by atoms with Crippen LogP contribution in [0.4, 0.5) is 0 Å². The third-order valence-electron chi connectivity index (χ3n) is 4.66. The number of ether oxygens (including phenoxy) is 1. The second-order valence-electron chi connectivity index (χ2n) is 6.44. The van der Waals surface area contributed by atoms with Crippen molar-refractivity contribution < 1.29 is 22.7 Å². The molecule has 0 fully saturated rings. The number of rotatable bonds is 4.